The molecule has 0 saturated carbocycles. The number of benzene rings is 1. The second-order valence-electron chi connectivity index (χ2n) is 5.82. The van der Waals surface area contributed by atoms with E-state index in [0.29, 0.717) is 12.4 Å². The molecule has 2 aromatic rings. The molecule has 0 unspecified atom stereocenters. The van der Waals surface area contributed by atoms with Crippen LogP contribution < -0.4 is 15.1 Å². The predicted octanol–water partition coefficient (Wildman–Crippen LogP) is 1.76. The summed E-state index contributed by atoms with van der Waals surface area (Å²) in [5.41, 5.74) is 2.53. The molecule has 1 aromatic heterocycles. The Morgan fingerprint density at radius 2 is 2.04 bits per heavy atom. The highest BCUT2D eigenvalue weighted by molar-refractivity contribution is 5.94. The Bertz CT molecular complexity index is 742. The van der Waals surface area contributed by atoms with Gasteiger partial charge in [-0.2, -0.15) is 5.10 Å². The average Bonchev–Trinajstić information content (AvgIpc) is 2.80. The van der Waals surface area contributed by atoms with E-state index in [1.807, 2.05) is 29.8 Å². The van der Waals surface area contributed by atoms with Gasteiger partial charge in [-0.25, -0.2) is 4.39 Å². The minimum absolute atomic E-state index is 0.118. The largest absolute Gasteiger partial charge is 0.371 e. The number of carbonyl (C=O) groups excluding carboxylic acids is 1. The quantitative estimate of drug-likeness (QED) is 0.937. The zero-order valence-electron chi connectivity index (χ0n) is 13.5. The first-order valence-electron chi connectivity index (χ1n) is 7.50. The third-order valence-electron chi connectivity index (χ3n) is 4.00. The van der Waals surface area contributed by atoms with E-state index in [2.05, 4.69) is 10.4 Å². The Morgan fingerprint density at radius 1 is 1.26 bits per heavy atom. The number of anilines is 3. The third-order valence-corrected chi connectivity index (χ3v) is 4.00. The summed E-state index contributed by atoms with van der Waals surface area (Å²) in [5, 5.41) is 7.07. The first-order valence-corrected chi connectivity index (χ1v) is 7.50. The van der Waals surface area contributed by atoms with Crippen molar-refractivity contribution in [3.8, 4) is 0 Å². The van der Waals surface area contributed by atoms with Gasteiger partial charge in [-0.3, -0.25) is 9.48 Å². The molecule has 23 heavy (non-hydrogen) atoms. The molecule has 3 rings (SSSR count). The molecule has 0 saturated heterocycles. The summed E-state index contributed by atoms with van der Waals surface area (Å²) in [4.78, 5) is 16.3. The van der Waals surface area contributed by atoms with Crippen LogP contribution in [0.1, 0.15) is 5.69 Å². The molecule has 1 N–H and O–H groups in total. The topological polar surface area (TPSA) is 53.4 Å². The SMILES string of the molecule is Cc1cc(NC(=O)CN2CCN(C)c3cc(F)ccc32)n(C)n1. The van der Waals surface area contributed by atoms with Gasteiger partial charge < -0.3 is 15.1 Å². The van der Waals surface area contributed by atoms with Crippen molar-refractivity contribution in [2.75, 3.05) is 41.8 Å². The van der Waals surface area contributed by atoms with Crippen molar-refractivity contribution in [2.45, 2.75) is 6.92 Å². The lowest BCUT2D eigenvalue weighted by Crippen LogP contribution is -2.43. The molecule has 0 spiro atoms. The van der Waals surface area contributed by atoms with E-state index in [1.54, 1.807) is 17.8 Å². The zero-order chi connectivity index (χ0) is 16.6. The minimum Gasteiger partial charge on any atom is -0.371 e. The fourth-order valence-electron chi connectivity index (χ4n) is 2.83. The molecule has 1 aliphatic heterocycles. The summed E-state index contributed by atoms with van der Waals surface area (Å²) in [7, 11) is 3.71. The van der Waals surface area contributed by atoms with E-state index < -0.39 is 0 Å². The van der Waals surface area contributed by atoms with Gasteiger partial charge in [-0.1, -0.05) is 0 Å². The van der Waals surface area contributed by atoms with Crippen LogP contribution in [-0.4, -0.2) is 42.4 Å². The van der Waals surface area contributed by atoms with Gasteiger partial charge in [0.25, 0.3) is 0 Å². The first-order chi connectivity index (χ1) is 10.9. The maximum atomic E-state index is 13.5. The summed E-state index contributed by atoms with van der Waals surface area (Å²) >= 11 is 0. The summed E-state index contributed by atoms with van der Waals surface area (Å²) in [5.74, 6) is 0.279. The number of rotatable bonds is 3. The van der Waals surface area contributed by atoms with E-state index >= 15 is 0 Å². The zero-order valence-corrected chi connectivity index (χ0v) is 13.5. The second-order valence-corrected chi connectivity index (χ2v) is 5.82. The van der Waals surface area contributed by atoms with Gasteiger partial charge in [0.15, 0.2) is 0 Å². The summed E-state index contributed by atoms with van der Waals surface area (Å²) in [6.45, 7) is 3.55. The van der Waals surface area contributed by atoms with Crippen molar-refractivity contribution in [1.82, 2.24) is 9.78 Å². The maximum Gasteiger partial charge on any atom is 0.245 e. The van der Waals surface area contributed by atoms with Gasteiger partial charge in [0.2, 0.25) is 5.91 Å². The molecule has 0 bridgehead atoms. The number of halogens is 1. The molecule has 7 heteroatoms. The highest BCUT2D eigenvalue weighted by Crippen LogP contribution is 2.32. The fraction of sp³-hybridized carbons (Fsp3) is 0.375. The summed E-state index contributed by atoms with van der Waals surface area (Å²) < 4.78 is 15.1. The van der Waals surface area contributed by atoms with Gasteiger partial charge in [-0.15, -0.1) is 0 Å². The number of fused-ring (bicyclic) bond motifs is 1. The number of aryl methyl sites for hydroxylation is 2. The van der Waals surface area contributed by atoms with Crippen LogP contribution in [0.25, 0.3) is 0 Å². The Morgan fingerprint density at radius 3 is 2.74 bits per heavy atom. The number of hydrogen-bond donors (Lipinski definition) is 1. The van der Waals surface area contributed by atoms with Crippen LogP contribution in [-0.2, 0) is 11.8 Å². The second kappa shape index (κ2) is 5.91. The Balaban J connectivity index is 1.75. The van der Waals surface area contributed by atoms with E-state index in [0.717, 1.165) is 23.6 Å². The van der Waals surface area contributed by atoms with Gasteiger partial charge in [0, 0.05) is 33.3 Å². The third kappa shape index (κ3) is 3.13. The molecule has 1 aromatic carbocycles. The number of carbonyl (C=O) groups is 1. The Kier molecular flexibility index (Phi) is 3.94. The summed E-state index contributed by atoms with van der Waals surface area (Å²) in [6.07, 6.45) is 0. The highest BCUT2D eigenvalue weighted by Gasteiger charge is 2.22. The van der Waals surface area contributed by atoms with E-state index in [4.69, 9.17) is 0 Å². The smallest absolute Gasteiger partial charge is 0.245 e. The number of hydrogen-bond acceptors (Lipinski definition) is 4. The van der Waals surface area contributed by atoms with Crippen molar-refractivity contribution < 1.29 is 9.18 Å². The van der Waals surface area contributed by atoms with Gasteiger partial charge in [0.1, 0.15) is 11.6 Å². The lowest BCUT2D eigenvalue weighted by Gasteiger charge is -2.36. The number of likely N-dealkylation sites (N-methyl/N-ethyl adjacent to an activating group) is 1. The highest BCUT2D eigenvalue weighted by atomic mass is 19.1. The van der Waals surface area contributed by atoms with Crippen LogP contribution in [0.15, 0.2) is 24.3 Å². The minimum atomic E-state index is -0.271. The monoisotopic (exact) mass is 317 g/mol. The van der Waals surface area contributed by atoms with Gasteiger partial charge in [0.05, 0.1) is 23.6 Å². The van der Waals surface area contributed by atoms with Crippen molar-refractivity contribution in [2.24, 2.45) is 7.05 Å². The van der Waals surface area contributed by atoms with Crippen LogP contribution in [0.5, 0.6) is 0 Å². The van der Waals surface area contributed by atoms with Crippen LogP contribution >= 0.6 is 0 Å². The molecule has 0 aliphatic carbocycles. The molecule has 0 radical (unpaired) electrons. The molecular formula is C16H20FN5O. The number of amides is 1. The van der Waals surface area contributed by atoms with Gasteiger partial charge >= 0.3 is 0 Å². The lowest BCUT2D eigenvalue weighted by atomic mass is 10.1. The van der Waals surface area contributed by atoms with E-state index in [9.17, 15) is 9.18 Å². The molecule has 0 atom stereocenters. The Hall–Kier alpha value is -2.57. The fourth-order valence-corrected chi connectivity index (χ4v) is 2.83. The first kappa shape index (κ1) is 15.3. The van der Waals surface area contributed by atoms with E-state index in [-0.39, 0.29) is 18.3 Å². The van der Waals surface area contributed by atoms with Crippen LogP contribution in [0.4, 0.5) is 21.6 Å². The molecule has 1 aliphatic rings. The van der Waals surface area contributed by atoms with Crippen LogP contribution in [0, 0.1) is 12.7 Å². The molecule has 122 valence electrons. The van der Waals surface area contributed by atoms with Crippen molar-refractivity contribution in [1.29, 1.82) is 0 Å². The average molecular weight is 317 g/mol. The summed E-state index contributed by atoms with van der Waals surface area (Å²) in [6, 6.07) is 6.48. The number of aromatic nitrogens is 2. The van der Waals surface area contributed by atoms with Crippen molar-refractivity contribution in [3.63, 3.8) is 0 Å². The maximum absolute atomic E-state index is 13.5. The number of nitrogens with zero attached hydrogens (tertiary/aromatic N) is 4. The van der Waals surface area contributed by atoms with Crippen molar-refractivity contribution >= 4 is 23.1 Å². The van der Waals surface area contributed by atoms with Crippen LogP contribution in [0.2, 0.25) is 0 Å². The number of nitrogens with one attached hydrogen (secondary N) is 1. The molecule has 6 nitrogen and oxygen atoms in total. The Labute approximate surface area is 134 Å². The van der Waals surface area contributed by atoms with E-state index in [1.165, 1.54) is 12.1 Å². The predicted molar refractivity (Wildman–Crippen MR) is 88.5 cm³/mol. The lowest BCUT2D eigenvalue weighted by molar-refractivity contribution is -0.115. The van der Waals surface area contributed by atoms with Crippen LogP contribution in [0.3, 0.4) is 0 Å². The molecule has 2 heterocycles. The molecule has 0 fully saturated rings. The molecule has 1 amide bonds. The van der Waals surface area contributed by atoms with Gasteiger partial charge in [-0.05, 0) is 25.1 Å². The molecular weight excluding hydrogens is 297 g/mol. The normalized spacial score (nSPS) is 13.9. The van der Waals surface area contributed by atoms with Crippen molar-refractivity contribution in [3.05, 3.63) is 35.8 Å². The standard InChI is InChI=1S/C16H20FN5O/c1-11-8-15(21(3)19-11)18-16(23)10-22-7-6-20(2)14-9-12(17)4-5-13(14)22/h4-5,8-9H,6-7,10H2,1-3H3,(H,18,23).